The standard InChI is InChI=1S/C13H18O4/c14-13(15)7-10-16-8-4-9-17-11-12-5-2-1-3-6-12/h1-3,5-6H,4,7-11H2,(H,14,15). The van der Waals surface area contributed by atoms with Gasteiger partial charge >= 0.3 is 5.97 Å². The molecule has 0 fully saturated rings. The summed E-state index contributed by atoms with van der Waals surface area (Å²) in [5.74, 6) is -0.828. The molecule has 4 heteroatoms. The molecule has 1 aromatic carbocycles. The van der Waals surface area contributed by atoms with Crippen LogP contribution < -0.4 is 0 Å². The monoisotopic (exact) mass is 238 g/mol. The average molecular weight is 238 g/mol. The molecule has 0 atom stereocenters. The molecular weight excluding hydrogens is 220 g/mol. The van der Waals surface area contributed by atoms with Crippen LogP contribution in [-0.4, -0.2) is 30.9 Å². The zero-order valence-corrected chi connectivity index (χ0v) is 9.80. The van der Waals surface area contributed by atoms with Gasteiger partial charge in [0.15, 0.2) is 0 Å². The molecule has 0 unspecified atom stereocenters. The SMILES string of the molecule is O=C(O)CCOCCCOCc1ccccc1. The van der Waals surface area contributed by atoms with Gasteiger partial charge in [-0.2, -0.15) is 0 Å². The fraction of sp³-hybridized carbons (Fsp3) is 0.462. The summed E-state index contributed by atoms with van der Waals surface area (Å²) in [7, 11) is 0. The molecule has 1 aromatic rings. The topological polar surface area (TPSA) is 55.8 Å². The Hall–Kier alpha value is -1.39. The van der Waals surface area contributed by atoms with E-state index in [2.05, 4.69) is 0 Å². The normalized spacial score (nSPS) is 10.4. The van der Waals surface area contributed by atoms with E-state index in [9.17, 15) is 4.79 Å². The van der Waals surface area contributed by atoms with Gasteiger partial charge in [-0.25, -0.2) is 0 Å². The Morgan fingerprint density at radius 1 is 1.06 bits per heavy atom. The summed E-state index contributed by atoms with van der Waals surface area (Å²) < 4.78 is 10.6. The molecule has 1 rings (SSSR count). The number of rotatable bonds is 9. The van der Waals surface area contributed by atoms with Gasteiger partial charge in [-0.1, -0.05) is 30.3 Å². The summed E-state index contributed by atoms with van der Waals surface area (Å²) in [5, 5.41) is 8.38. The number of hydrogen-bond donors (Lipinski definition) is 1. The van der Waals surface area contributed by atoms with Crippen molar-refractivity contribution in [3.05, 3.63) is 35.9 Å². The van der Waals surface area contributed by atoms with Crippen LogP contribution in [0.2, 0.25) is 0 Å². The van der Waals surface area contributed by atoms with E-state index in [1.165, 1.54) is 0 Å². The molecule has 0 saturated carbocycles. The number of aliphatic carboxylic acids is 1. The number of carboxylic acids is 1. The summed E-state index contributed by atoms with van der Waals surface area (Å²) in [6.45, 7) is 2.05. The third-order valence-electron chi connectivity index (χ3n) is 2.15. The van der Waals surface area contributed by atoms with E-state index in [0.29, 0.717) is 19.8 Å². The van der Waals surface area contributed by atoms with Crippen LogP contribution >= 0.6 is 0 Å². The van der Waals surface area contributed by atoms with Crippen LogP contribution in [0.3, 0.4) is 0 Å². The van der Waals surface area contributed by atoms with Crippen molar-refractivity contribution in [1.82, 2.24) is 0 Å². The molecule has 0 saturated heterocycles. The summed E-state index contributed by atoms with van der Waals surface area (Å²) in [4.78, 5) is 10.2. The zero-order valence-electron chi connectivity index (χ0n) is 9.80. The molecular formula is C13H18O4. The Balaban J connectivity index is 1.90. The van der Waals surface area contributed by atoms with E-state index in [4.69, 9.17) is 14.6 Å². The van der Waals surface area contributed by atoms with Gasteiger partial charge in [0, 0.05) is 13.2 Å². The first-order valence-electron chi connectivity index (χ1n) is 5.70. The van der Waals surface area contributed by atoms with Crippen LogP contribution in [0.1, 0.15) is 18.4 Å². The van der Waals surface area contributed by atoms with Crippen molar-refractivity contribution in [3.8, 4) is 0 Å². The van der Waals surface area contributed by atoms with Crippen LogP contribution in [0.5, 0.6) is 0 Å². The smallest absolute Gasteiger partial charge is 0.305 e. The van der Waals surface area contributed by atoms with Crippen LogP contribution in [0.25, 0.3) is 0 Å². The molecule has 4 nitrogen and oxygen atoms in total. The van der Waals surface area contributed by atoms with Gasteiger partial charge in [-0.15, -0.1) is 0 Å². The lowest BCUT2D eigenvalue weighted by atomic mass is 10.2. The second kappa shape index (κ2) is 8.73. The minimum Gasteiger partial charge on any atom is -0.481 e. The Bertz CT molecular complexity index is 310. The lowest BCUT2D eigenvalue weighted by molar-refractivity contribution is -0.138. The summed E-state index contributed by atoms with van der Waals surface area (Å²) in [5.41, 5.74) is 1.15. The Morgan fingerprint density at radius 3 is 2.47 bits per heavy atom. The van der Waals surface area contributed by atoms with Gasteiger partial charge in [0.05, 0.1) is 19.6 Å². The van der Waals surface area contributed by atoms with Gasteiger partial charge in [-0.3, -0.25) is 4.79 Å². The Morgan fingerprint density at radius 2 is 1.76 bits per heavy atom. The predicted molar refractivity (Wildman–Crippen MR) is 63.8 cm³/mol. The van der Waals surface area contributed by atoms with Crippen LogP contribution in [0, 0.1) is 0 Å². The van der Waals surface area contributed by atoms with Crippen molar-refractivity contribution in [1.29, 1.82) is 0 Å². The molecule has 0 aliphatic heterocycles. The molecule has 17 heavy (non-hydrogen) atoms. The molecule has 0 aliphatic rings. The molecule has 0 aliphatic carbocycles. The number of hydrogen-bond acceptors (Lipinski definition) is 3. The van der Waals surface area contributed by atoms with Gasteiger partial charge < -0.3 is 14.6 Å². The second-order valence-electron chi connectivity index (χ2n) is 3.65. The van der Waals surface area contributed by atoms with Gasteiger partial charge in [0.2, 0.25) is 0 Å². The highest BCUT2D eigenvalue weighted by Crippen LogP contribution is 2.00. The molecule has 0 bridgehead atoms. The highest BCUT2D eigenvalue weighted by atomic mass is 16.5. The fourth-order valence-electron chi connectivity index (χ4n) is 1.29. The third-order valence-corrected chi connectivity index (χ3v) is 2.15. The Labute approximate surface area is 101 Å². The number of carbonyl (C=O) groups is 1. The molecule has 0 radical (unpaired) electrons. The molecule has 94 valence electrons. The minimum absolute atomic E-state index is 0.0604. The predicted octanol–water partition coefficient (Wildman–Crippen LogP) is 2.08. The maximum atomic E-state index is 10.2. The van der Waals surface area contributed by atoms with E-state index in [1.54, 1.807) is 0 Å². The first-order chi connectivity index (χ1) is 8.29. The van der Waals surface area contributed by atoms with Crippen molar-refractivity contribution in [2.45, 2.75) is 19.4 Å². The average Bonchev–Trinajstić information content (AvgIpc) is 2.33. The van der Waals surface area contributed by atoms with Crippen molar-refractivity contribution in [2.75, 3.05) is 19.8 Å². The maximum absolute atomic E-state index is 10.2. The van der Waals surface area contributed by atoms with Crippen molar-refractivity contribution < 1.29 is 19.4 Å². The minimum atomic E-state index is -0.828. The van der Waals surface area contributed by atoms with Crippen LogP contribution in [0.4, 0.5) is 0 Å². The molecule has 0 spiro atoms. The van der Waals surface area contributed by atoms with Crippen molar-refractivity contribution in [2.24, 2.45) is 0 Å². The van der Waals surface area contributed by atoms with Crippen molar-refractivity contribution in [3.63, 3.8) is 0 Å². The first-order valence-corrected chi connectivity index (χ1v) is 5.70. The van der Waals surface area contributed by atoms with E-state index in [0.717, 1.165) is 12.0 Å². The summed E-state index contributed by atoms with van der Waals surface area (Å²) >= 11 is 0. The summed E-state index contributed by atoms with van der Waals surface area (Å²) in [6.07, 6.45) is 0.845. The number of ether oxygens (including phenoxy) is 2. The molecule has 0 amide bonds. The highest BCUT2D eigenvalue weighted by Gasteiger charge is 1.96. The zero-order chi connectivity index (χ0) is 12.3. The van der Waals surface area contributed by atoms with E-state index < -0.39 is 5.97 Å². The second-order valence-corrected chi connectivity index (χ2v) is 3.65. The fourth-order valence-corrected chi connectivity index (χ4v) is 1.29. The van der Waals surface area contributed by atoms with Gasteiger partial charge in [-0.05, 0) is 12.0 Å². The largest absolute Gasteiger partial charge is 0.481 e. The van der Waals surface area contributed by atoms with Gasteiger partial charge in [0.25, 0.3) is 0 Å². The molecule has 1 N–H and O–H groups in total. The van der Waals surface area contributed by atoms with E-state index >= 15 is 0 Å². The Kier molecular flexibility index (Phi) is 7.02. The van der Waals surface area contributed by atoms with E-state index in [1.807, 2.05) is 30.3 Å². The van der Waals surface area contributed by atoms with Crippen LogP contribution in [-0.2, 0) is 20.9 Å². The lowest BCUT2D eigenvalue weighted by Gasteiger charge is -2.05. The third kappa shape index (κ3) is 7.49. The van der Waals surface area contributed by atoms with Crippen molar-refractivity contribution >= 4 is 5.97 Å². The quantitative estimate of drug-likeness (QED) is 0.669. The van der Waals surface area contributed by atoms with Gasteiger partial charge in [0.1, 0.15) is 0 Å². The maximum Gasteiger partial charge on any atom is 0.305 e. The van der Waals surface area contributed by atoms with E-state index in [-0.39, 0.29) is 13.0 Å². The number of carboxylic acid groups (broad SMARTS) is 1. The highest BCUT2D eigenvalue weighted by molar-refractivity contribution is 5.66. The number of benzene rings is 1. The lowest BCUT2D eigenvalue weighted by Crippen LogP contribution is -2.05. The molecule has 0 heterocycles. The van der Waals surface area contributed by atoms with Crippen LogP contribution in [0.15, 0.2) is 30.3 Å². The first kappa shape index (κ1) is 13.7. The molecule has 0 aromatic heterocycles. The summed E-state index contributed by atoms with van der Waals surface area (Å²) in [6, 6.07) is 9.97.